The molecule has 3 heteroatoms. The molecule has 0 aliphatic carbocycles. The van der Waals surface area contributed by atoms with Gasteiger partial charge in [0, 0.05) is 12.8 Å². The van der Waals surface area contributed by atoms with Gasteiger partial charge in [0.2, 0.25) is 6.29 Å². The van der Waals surface area contributed by atoms with Gasteiger partial charge in [0.15, 0.2) is 0 Å². The molecular weight excluding hydrogens is 120 g/mol. The van der Waals surface area contributed by atoms with Crippen molar-refractivity contribution in [1.29, 1.82) is 0 Å². The maximum atomic E-state index is 10.4. The molecule has 0 fully saturated rings. The minimum atomic E-state index is -1.17. The second-order valence-corrected chi connectivity index (χ2v) is 1.68. The molecule has 0 N–H and O–H groups in total. The van der Waals surface area contributed by atoms with Gasteiger partial charge < -0.3 is 4.74 Å². The lowest BCUT2D eigenvalue weighted by atomic mass is 10.4. The van der Waals surface area contributed by atoms with Gasteiger partial charge in [0.05, 0.1) is 0 Å². The largest absolute Gasteiger partial charge is 0.433 e. The minimum Gasteiger partial charge on any atom is -0.433 e. The molecule has 9 heavy (non-hydrogen) atoms. The molecule has 0 aliphatic heterocycles. The van der Waals surface area contributed by atoms with Crippen LogP contribution in [0.25, 0.3) is 0 Å². The topological polar surface area (TPSA) is 46.2 Å². The van der Waals surface area contributed by atoms with E-state index in [1.807, 2.05) is 0 Å². The Morgan fingerprint density at radius 3 is 2.44 bits per heavy atom. The molecule has 0 aromatic carbocycles. The average Bonchev–Trinajstić information content (AvgIpc) is 1.87. The Bertz CT molecular complexity index is 90.3. The molecule has 0 rings (SSSR count). The van der Waals surface area contributed by atoms with Crippen molar-refractivity contribution < 1.29 is 14.6 Å². The molecule has 0 amide bonds. The highest BCUT2D eigenvalue weighted by atomic mass is 16.6. The molecule has 0 aliphatic rings. The van der Waals surface area contributed by atoms with Crippen LogP contribution in [0.15, 0.2) is 0 Å². The van der Waals surface area contributed by atoms with Gasteiger partial charge in [-0.25, -0.2) is 0 Å². The molecule has 0 heterocycles. The summed E-state index contributed by atoms with van der Waals surface area (Å²) in [7, 11) is 0. The summed E-state index contributed by atoms with van der Waals surface area (Å²) in [5.41, 5.74) is 0. The molecule has 3 nitrogen and oxygen atoms in total. The second-order valence-electron chi connectivity index (χ2n) is 1.68. The number of hydrogen-bond acceptors (Lipinski definition) is 2. The third kappa shape index (κ3) is 3.97. The summed E-state index contributed by atoms with van der Waals surface area (Å²) >= 11 is 0. The number of esters is 1. The van der Waals surface area contributed by atoms with E-state index in [1.54, 1.807) is 13.8 Å². The first-order chi connectivity index (χ1) is 4.20. The van der Waals surface area contributed by atoms with E-state index in [4.69, 9.17) is 0 Å². The van der Waals surface area contributed by atoms with Gasteiger partial charge in [-0.15, -0.1) is 0 Å². The minimum absolute atomic E-state index is 0.277. The van der Waals surface area contributed by atoms with Gasteiger partial charge in [0.1, 0.15) is 0 Å². The van der Waals surface area contributed by atoms with Crippen LogP contribution >= 0.6 is 0 Å². The van der Waals surface area contributed by atoms with Gasteiger partial charge in [-0.1, -0.05) is 13.8 Å². The van der Waals surface area contributed by atoms with Crippen LogP contribution in [0.2, 0.25) is 0 Å². The van der Waals surface area contributed by atoms with E-state index in [1.165, 1.54) is 0 Å². The van der Waals surface area contributed by atoms with Crippen molar-refractivity contribution in [3.8, 4) is 0 Å². The molecule has 0 spiro atoms. The van der Waals surface area contributed by atoms with E-state index in [0.717, 1.165) is 0 Å². The normalized spacial score (nSPS) is 12.8. The molecule has 1 atom stereocenters. The summed E-state index contributed by atoms with van der Waals surface area (Å²) < 4.78 is 4.35. The van der Waals surface area contributed by atoms with Gasteiger partial charge in [-0.3, -0.25) is 4.79 Å². The molecule has 0 bridgehead atoms. The van der Waals surface area contributed by atoms with Crippen LogP contribution in [-0.4, -0.2) is 12.3 Å². The molecular formula is C6H11O3. The van der Waals surface area contributed by atoms with Crippen molar-refractivity contribution in [2.24, 2.45) is 0 Å². The lowest BCUT2D eigenvalue weighted by Crippen LogP contribution is -2.13. The van der Waals surface area contributed by atoms with Crippen molar-refractivity contribution in [2.45, 2.75) is 33.0 Å². The monoisotopic (exact) mass is 131 g/mol. The summed E-state index contributed by atoms with van der Waals surface area (Å²) in [4.78, 5) is 10.4. The Labute approximate surface area is 54.6 Å². The van der Waals surface area contributed by atoms with E-state index in [0.29, 0.717) is 6.42 Å². The van der Waals surface area contributed by atoms with E-state index < -0.39 is 12.3 Å². The van der Waals surface area contributed by atoms with Crippen molar-refractivity contribution in [3.05, 3.63) is 0 Å². The highest BCUT2D eigenvalue weighted by molar-refractivity contribution is 5.68. The SMILES string of the molecule is CCC(=O)OC([O])CC. The van der Waals surface area contributed by atoms with Crippen LogP contribution in [0.5, 0.6) is 0 Å². The predicted molar refractivity (Wildman–Crippen MR) is 31.1 cm³/mol. The van der Waals surface area contributed by atoms with E-state index in [9.17, 15) is 9.90 Å². The number of carbonyl (C=O) groups is 1. The fourth-order valence-electron chi connectivity index (χ4n) is 0.313. The molecule has 1 unspecified atom stereocenters. The number of carbonyl (C=O) groups excluding carboxylic acids is 1. The van der Waals surface area contributed by atoms with Crippen molar-refractivity contribution in [2.75, 3.05) is 0 Å². The summed E-state index contributed by atoms with van der Waals surface area (Å²) in [5.74, 6) is -0.420. The molecule has 53 valence electrons. The van der Waals surface area contributed by atoms with Crippen LogP contribution < -0.4 is 0 Å². The molecule has 0 aromatic rings. The first-order valence-electron chi connectivity index (χ1n) is 3.06. The zero-order valence-corrected chi connectivity index (χ0v) is 5.72. The lowest BCUT2D eigenvalue weighted by Gasteiger charge is -2.04. The summed E-state index contributed by atoms with van der Waals surface area (Å²) in [6.07, 6.45) is -0.553. The first kappa shape index (κ1) is 8.43. The van der Waals surface area contributed by atoms with Gasteiger partial charge in [-0.05, 0) is 0 Å². The van der Waals surface area contributed by atoms with Crippen LogP contribution in [0.3, 0.4) is 0 Å². The Hall–Kier alpha value is -0.570. The highest BCUT2D eigenvalue weighted by Crippen LogP contribution is 1.95. The molecule has 0 saturated carbocycles. The smallest absolute Gasteiger partial charge is 0.307 e. The van der Waals surface area contributed by atoms with E-state index in [-0.39, 0.29) is 6.42 Å². The molecule has 1 radical (unpaired) electrons. The summed E-state index contributed by atoms with van der Waals surface area (Å²) in [6, 6.07) is 0. The lowest BCUT2D eigenvalue weighted by molar-refractivity contribution is -0.178. The first-order valence-corrected chi connectivity index (χ1v) is 3.06. The Morgan fingerprint density at radius 2 is 2.11 bits per heavy atom. The van der Waals surface area contributed by atoms with Crippen molar-refractivity contribution >= 4 is 5.97 Å². The Kier molecular flexibility index (Phi) is 4.05. The van der Waals surface area contributed by atoms with Gasteiger partial charge in [-0.2, -0.15) is 5.11 Å². The van der Waals surface area contributed by atoms with Gasteiger partial charge >= 0.3 is 5.97 Å². The molecule has 0 saturated heterocycles. The number of rotatable bonds is 3. The summed E-state index contributed by atoms with van der Waals surface area (Å²) in [5, 5.41) is 10.4. The number of hydrogen-bond donors (Lipinski definition) is 0. The van der Waals surface area contributed by atoms with Crippen LogP contribution in [0, 0.1) is 0 Å². The molecule has 0 aromatic heterocycles. The standard InChI is InChI=1S/C6H11O3/c1-3-5(7)9-6(8)4-2/h5H,3-4H2,1-2H3. The fraction of sp³-hybridized carbons (Fsp3) is 0.833. The van der Waals surface area contributed by atoms with Crippen LogP contribution in [-0.2, 0) is 14.6 Å². The maximum Gasteiger partial charge on any atom is 0.307 e. The van der Waals surface area contributed by atoms with Gasteiger partial charge in [0.25, 0.3) is 0 Å². The third-order valence-electron chi connectivity index (χ3n) is 0.885. The fourth-order valence-corrected chi connectivity index (χ4v) is 0.313. The van der Waals surface area contributed by atoms with Crippen molar-refractivity contribution in [3.63, 3.8) is 0 Å². The van der Waals surface area contributed by atoms with E-state index >= 15 is 0 Å². The van der Waals surface area contributed by atoms with E-state index in [2.05, 4.69) is 4.74 Å². The van der Waals surface area contributed by atoms with Crippen LogP contribution in [0.1, 0.15) is 26.7 Å². The number of ether oxygens (including phenoxy) is 1. The quantitative estimate of drug-likeness (QED) is 0.425. The zero-order chi connectivity index (χ0) is 7.28. The van der Waals surface area contributed by atoms with Crippen LogP contribution in [0.4, 0.5) is 0 Å². The summed E-state index contributed by atoms with van der Waals surface area (Å²) in [6.45, 7) is 3.34. The maximum absolute atomic E-state index is 10.4. The highest BCUT2D eigenvalue weighted by Gasteiger charge is 2.06. The zero-order valence-electron chi connectivity index (χ0n) is 5.72. The Morgan fingerprint density at radius 1 is 1.56 bits per heavy atom. The Balaban J connectivity index is 3.34. The van der Waals surface area contributed by atoms with Crippen molar-refractivity contribution in [1.82, 2.24) is 0 Å². The average molecular weight is 131 g/mol. The second kappa shape index (κ2) is 4.32. The predicted octanol–water partition coefficient (Wildman–Crippen LogP) is 1.11. The third-order valence-corrected chi connectivity index (χ3v) is 0.885.